The third-order valence-corrected chi connectivity index (χ3v) is 4.48. The van der Waals surface area contributed by atoms with Crippen LogP contribution in [0.2, 0.25) is 0 Å². The summed E-state index contributed by atoms with van der Waals surface area (Å²) in [6.45, 7) is 0.846. The molecule has 2 aromatic rings. The number of hydrogen-bond acceptors (Lipinski definition) is 5. The van der Waals surface area contributed by atoms with Gasteiger partial charge in [0.1, 0.15) is 11.9 Å². The van der Waals surface area contributed by atoms with E-state index in [-0.39, 0.29) is 11.5 Å². The number of benzene rings is 1. The van der Waals surface area contributed by atoms with Crippen molar-refractivity contribution >= 4 is 11.6 Å². The molecule has 1 heterocycles. The van der Waals surface area contributed by atoms with Gasteiger partial charge in [0, 0.05) is 12.1 Å². The van der Waals surface area contributed by atoms with Gasteiger partial charge in [-0.25, -0.2) is 14.4 Å². The number of aromatic nitrogens is 2. The van der Waals surface area contributed by atoms with E-state index >= 15 is 0 Å². The maximum absolute atomic E-state index is 13.9. The molecule has 1 aliphatic carbocycles. The van der Waals surface area contributed by atoms with E-state index in [0.29, 0.717) is 17.2 Å². The fourth-order valence-corrected chi connectivity index (χ4v) is 3.14. The Bertz CT molecular complexity index is 762. The van der Waals surface area contributed by atoms with Crippen molar-refractivity contribution < 1.29 is 4.39 Å². The largest absolute Gasteiger partial charge is 0.382 e. The summed E-state index contributed by atoms with van der Waals surface area (Å²) in [4.78, 5) is 8.30. The predicted molar refractivity (Wildman–Crippen MR) is 91.6 cm³/mol. The van der Waals surface area contributed by atoms with Crippen LogP contribution in [0.1, 0.15) is 37.7 Å². The molecule has 0 saturated heterocycles. The lowest BCUT2D eigenvalue weighted by atomic mass is 9.89. The van der Waals surface area contributed by atoms with Gasteiger partial charge in [-0.15, -0.1) is 0 Å². The number of nitrogens with one attached hydrogen (secondary N) is 1. The number of nitrogens with two attached hydrogens (primary N) is 1. The quantitative estimate of drug-likeness (QED) is 0.894. The number of nitriles is 1. The lowest BCUT2D eigenvalue weighted by Gasteiger charge is -2.22. The minimum absolute atomic E-state index is 0.0116. The van der Waals surface area contributed by atoms with E-state index in [1.165, 1.54) is 44.2 Å². The van der Waals surface area contributed by atoms with Gasteiger partial charge in [-0.3, -0.25) is 0 Å². The van der Waals surface area contributed by atoms with Gasteiger partial charge < -0.3 is 11.1 Å². The van der Waals surface area contributed by atoms with Crippen molar-refractivity contribution in [1.29, 1.82) is 5.26 Å². The van der Waals surface area contributed by atoms with Crippen LogP contribution in [0.15, 0.2) is 24.4 Å². The molecule has 0 spiro atoms. The van der Waals surface area contributed by atoms with Gasteiger partial charge in [-0.2, -0.15) is 5.26 Å². The van der Waals surface area contributed by atoms with Gasteiger partial charge in [0.05, 0.1) is 23.1 Å². The molecule has 1 saturated carbocycles. The van der Waals surface area contributed by atoms with Crippen molar-refractivity contribution in [2.75, 3.05) is 17.6 Å². The average Bonchev–Trinajstić information content (AvgIpc) is 2.61. The number of anilines is 2. The van der Waals surface area contributed by atoms with Crippen molar-refractivity contribution in [3.63, 3.8) is 0 Å². The second-order valence-corrected chi connectivity index (χ2v) is 6.18. The maximum atomic E-state index is 13.9. The van der Waals surface area contributed by atoms with Crippen molar-refractivity contribution in [3.8, 4) is 17.3 Å². The van der Waals surface area contributed by atoms with Crippen molar-refractivity contribution in [2.24, 2.45) is 5.92 Å². The first kappa shape index (κ1) is 16.2. The van der Waals surface area contributed by atoms with E-state index in [4.69, 9.17) is 11.0 Å². The third-order valence-electron chi connectivity index (χ3n) is 4.48. The zero-order chi connectivity index (χ0) is 16.9. The van der Waals surface area contributed by atoms with E-state index < -0.39 is 5.82 Å². The molecule has 1 fully saturated rings. The summed E-state index contributed by atoms with van der Waals surface area (Å²) in [6.07, 6.45) is 7.96. The van der Waals surface area contributed by atoms with Crippen LogP contribution in [0.3, 0.4) is 0 Å². The molecule has 124 valence electrons. The summed E-state index contributed by atoms with van der Waals surface area (Å²) in [5, 5.41) is 12.2. The molecule has 0 aliphatic heterocycles. The van der Waals surface area contributed by atoms with E-state index in [2.05, 4.69) is 15.3 Å². The van der Waals surface area contributed by atoms with Crippen LogP contribution in [0.4, 0.5) is 16.0 Å². The highest BCUT2D eigenvalue weighted by Gasteiger charge is 2.16. The molecule has 0 radical (unpaired) electrons. The highest BCUT2D eigenvalue weighted by molar-refractivity contribution is 5.74. The molecular formula is C18H20FN5. The molecule has 3 N–H and O–H groups in total. The first-order valence-electron chi connectivity index (χ1n) is 8.24. The van der Waals surface area contributed by atoms with Crippen molar-refractivity contribution in [3.05, 3.63) is 35.8 Å². The summed E-state index contributed by atoms with van der Waals surface area (Å²) >= 11 is 0. The van der Waals surface area contributed by atoms with Crippen LogP contribution >= 0.6 is 0 Å². The Labute approximate surface area is 140 Å². The fraction of sp³-hybridized carbons (Fsp3) is 0.389. The monoisotopic (exact) mass is 325 g/mol. The number of nitrogens with zero attached hydrogens (tertiary/aromatic N) is 3. The van der Waals surface area contributed by atoms with Crippen LogP contribution in [0.5, 0.6) is 0 Å². The number of halogens is 1. The SMILES string of the molecule is N#Cc1ccc(-c2nc(N)ncc2NCC2CCCCC2)cc1F. The second kappa shape index (κ2) is 7.26. The highest BCUT2D eigenvalue weighted by Crippen LogP contribution is 2.29. The standard InChI is InChI=1S/C18H20FN5/c19-15-8-13(6-7-14(15)9-20)17-16(11-23-18(21)24-17)22-10-12-4-2-1-3-5-12/h6-8,11-12,22H,1-5,10H2,(H2,21,23,24). The van der Waals surface area contributed by atoms with Crippen LogP contribution in [-0.4, -0.2) is 16.5 Å². The Kier molecular flexibility index (Phi) is 4.90. The topological polar surface area (TPSA) is 87.6 Å². The van der Waals surface area contributed by atoms with E-state index in [1.807, 2.05) is 6.07 Å². The molecule has 1 aromatic heterocycles. The molecule has 1 aliphatic rings. The van der Waals surface area contributed by atoms with Crippen LogP contribution in [-0.2, 0) is 0 Å². The first-order valence-corrected chi connectivity index (χ1v) is 8.24. The maximum Gasteiger partial charge on any atom is 0.220 e. The van der Waals surface area contributed by atoms with Gasteiger partial charge in [-0.05, 0) is 30.9 Å². The number of hydrogen-bond donors (Lipinski definition) is 2. The Hall–Kier alpha value is -2.68. The van der Waals surface area contributed by atoms with Crippen LogP contribution in [0, 0.1) is 23.1 Å². The van der Waals surface area contributed by atoms with Crippen molar-refractivity contribution in [2.45, 2.75) is 32.1 Å². The lowest BCUT2D eigenvalue weighted by molar-refractivity contribution is 0.373. The predicted octanol–water partition coefficient (Wildman–Crippen LogP) is 3.73. The number of nitrogen functional groups attached to an aromatic ring is 1. The van der Waals surface area contributed by atoms with E-state index in [0.717, 1.165) is 12.2 Å². The Balaban J connectivity index is 1.85. The van der Waals surface area contributed by atoms with Gasteiger partial charge in [0.15, 0.2) is 0 Å². The van der Waals surface area contributed by atoms with Crippen LogP contribution in [0.25, 0.3) is 11.3 Å². The fourth-order valence-electron chi connectivity index (χ4n) is 3.14. The minimum atomic E-state index is -0.564. The number of rotatable bonds is 4. The lowest BCUT2D eigenvalue weighted by Crippen LogP contribution is -2.18. The van der Waals surface area contributed by atoms with Gasteiger partial charge in [0.2, 0.25) is 5.95 Å². The Morgan fingerprint density at radius 1 is 1.29 bits per heavy atom. The molecule has 1 aromatic carbocycles. The summed E-state index contributed by atoms with van der Waals surface area (Å²) in [5.74, 6) is 0.213. The molecule has 0 atom stereocenters. The van der Waals surface area contributed by atoms with Gasteiger partial charge >= 0.3 is 0 Å². The zero-order valence-corrected chi connectivity index (χ0v) is 13.4. The van der Waals surface area contributed by atoms with Crippen molar-refractivity contribution in [1.82, 2.24) is 9.97 Å². The highest BCUT2D eigenvalue weighted by atomic mass is 19.1. The first-order chi connectivity index (χ1) is 11.7. The molecule has 24 heavy (non-hydrogen) atoms. The summed E-state index contributed by atoms with van der Waals surface area (Å²) in [5.41, 5.74) is 7.58. The molecular weight excluding hydrogens is 305 g/mol. The molecule has 0 bridgehead atoms. The van der Waals surface area contributed by atoms with Gasteiger partial charge in [-0.1, -0.05) is 25.3 Å². The van der Waals surface area contributed by atoms with Crippen LogP contribution < -0.4 is 11.1 Å². The van der Waals surface area contributed by atoms with E-state index in [9.17, 15) is 4.39 Å². The van der Waals surface area contributed by atoms with Gasteiger partial charge in [0.25, 0.3) is 0 Å². The molecule has 6 heteroatoms. The molecule has 5 nitrogen and oxygen atoms in total. The third kappa shape index (κ3) is 3.62. The molecule has 3 rings (SSSR count). The summed E-state index contributed by atoms with van der Waals surface area (Å²) in [7, 11) is 0. The smallest absolute Gasteiger partial charge is 0.220 e. The average molecular weight is 325 g/mol. The normalized spacial score (nSPS) is 15.0. The second-order valence-electron chi connectivity index (χ2n) is 6.18. The Morgan fingerprint density at radius 2 is 2.08 bits per heavy atom. The summed E-state index contributed by atoms with van der Waals surface area (Å²) in [6, 6.07) is 6.26. The minimum Gasteiger partial charge on any atom is -0.382 e. The summed E-state index contributed by atoms with van der Waals surface area (Å²) < 4.78 is 13.9. The molecule has 0 unspecified atom stereocenters. The molecule has 0 amide bonds. The Morgan fingerprint density at radius 3 is 2.79 bits per heavy atom. The zero-order valence-electron chi connectivity index (χ0n) is 13.4. The van der Waals surface area contributed by atoms with E-state index in [1.54, 1.807) is 12.3 Å².